The van der Waals surface area contributed by atoms with Gasteiger partial charge in [0.2, 0.25) is 0 Å². The van der Waals surface area contributed by atoms with E-state index in [1.54, 1.807) is 6.07 Å². The fourth-order valence-electron chi connectivity index (χ4n) is 1.23. The number of nitrogens with zero attached hydrogens (tertiary/aromatic N) is 2. The van der Waals surface area contributed by atoms with Crippen molar-refractivity contribution < 1.29 is 19.0 Å². The summed E-state index contributed by atoms with van der Waals surface area (Å²) in [5, 5.41) is 8.86. The molecule has 2 rings (SSSR count). The first kappa shape index (κ1) is 11.0. The summed E-state index contributed by atoms with van der Waals surface area (Å²) in [5.41, 5.74) is -0.542. The number of carboxylic acid groups (broad SMARTS) is 1. The van der Waals surface area contributed by atoms with Gasteiger partial charge < -0.3 is 9.84 Å². The summed E-state index contributed by atoms with van der Waals surface area (Å²) in [7, 11) is 0. The Hall–Kier alpha value is -2.50. The van der Waals surface area contributed by atoms with E-state index in [2.05, 4.69) is 9.97 Å². The Morgan fingerprint density at radius 3 is 2.59 bits per heavy atom. The molecule has 0 bridgehead atoms. The van der Waals surface area contributed by atoms with Gasteiger partial charge in [0.25, 0.3) is 0 Å². The van der Waals surface area contributed by atoms with Gasteiger partial charge in [0.1, 0.15) is 17.1 Å². The first-order valence-electron chi connectivity index (χ1n) is 4.65. The van der Waals surface area contributed by atoms with Gasteiger partial charge >= 0.3 is 12.0 Å². The lowest BCUT2D eigenvalue weighted by molar-refractivity contribution is 0.0689. The van der Waals surface area contributed by atoms with Gasteiger partial charge in [-0.1, -0.05) is 6.07 Å². The standard InChI is InChI=1S/C11H7FN2O3/c12-7-3-1-4-8(9(7)10(15)16)17-11-13-5-2-6-14-11/h1-6H,(H,15,16). The minimum Gasteiger partial charge on any atom is -0.477 e. The number of aromatic carboxylic acids is 1. The molecule has 2 aromatic rings. The molecule has 0 aliphatic carbocycles. The second-order valence-corrected chi connectivity index (χ2v) is 3.05. The Morgan fingerprint density at radius 2 is 1.94 bits per heavy atom. The molecule has 5 nitrogen and oxygen atoms in total. The molecule has 0 radical (unpaired) electrons. The van der Waals surface area contributed by atoms with E-state index in [1.807, 2.05) is 0 Å². The van der Waals surface area contributed by atoms with Gasteiger partial charge in [-0.15, -0.1) is 0 Å². The van der Waals surface area contributed by atoms with Crippen LogP contribution in [0.3, 0.4) is 0 Å². The fraction of sp³-hybridized carbons (Fsp3) is 0. The second-order valence-electron chi connectivity index (χ2n) is 3.05. The number of hydrogen-bond acceptors (Lipinski definition) is 4. The van der Waals surface area contributed by atoms with E-state index in [1.165, 1.54) is 24.5 Å². The maximum Gasteiger partial charge on any atom is 0.342 e. The van der Waals surface area contributed by atoms with Gasteiger partial charge in [0.15, 0.2) is 0 Å². The van der Waals surface area contributed by atoms with Gasteiger partial charge in [-0.05, 0) is 18.2 Å². The SMILES string of the molecule is O=C(O)c1c(F)cccc1Oc1ncccn1. The number of benzene rings is 1. The molecule has 0 saturated carbocycles. The van der Waals surface area contributed by atoms with Crippen molar-refractivity contribution in [2.75, 3.05) is 0 Å². The van der Waals surface area contributed by atoms with Crippen LogP contribution in [0.4, 0.5) is 4.39 Å². The third-order valence-electron chi connectivity index (χ3n) is 1.93. The highest BCUT2D eigenvalue weighted by molar-refractivity contribution is 5.91. The van der Waals surface area contributed by atoms with Crippen molar-refractivity contribution in [3.8, 4) is 11.8 Å². The summed E-state index contributed by atoms with van der Waals surface area (Å²) in [4.78, 5) is 18.4. The Bertz CT molecular complexity index is 546. The summed E-state index contributed by atoms with van der Waals surface area (Å²) in [5.74, 6) is -2.41. The molecule has 1 heterocycles. The molecular weight excluding hydrogens is 227 g/mol. The molecule has 6 heteroatoms. The predicted molar refractivity (Wildman–Crippen MR) is 55.5 cm³/mol. The largest absolute Gasteiger partial charge is 0.477 e. The van der Waals surface area contributed by atoms with Crippen LogP contribution < -0.4 is 4.74 Å². The van der Waals surface area contributed by atoms with Crippen molar-refractivity contribution in [2.45, 2.75) is 0 Å². The minimum atomic E-state index is -1.41. The maximum atomic E-state index is 13.3. The average molecular weight is 234 g/mol. The van der Waals surface area contributed by atoms with Crippen LogP contribution in [0.2, 0.25) is 0 Å². The van der Waals surface area contributed by atoms with E-state index in [4.69, 9.17) is 9.84 Å². The molecule has 0 atom stereocenters. The summed E-state index contributed by atoms with van der Waals surface area (Å²) >= 11 is 0. The van der Waals surface area contributed by atoms with Crippen LogP contribution in [-0.4, -0.2) is 21.0 Å². The Labute approximate surface area is 95.5 Å². The molecule has 86 valence electrons. The van der Waals surface area contributed by atoms with Gasteiger partial charge in [0.05, 0.1) is 0 Å². The van der Waals surface area contributed by atoms with Crippen LogP contribution in [0.25, 0.3) is 0 Å². The molecule has 0 fully saturated rings. The quantitative estimate of drug-likeness (QED) is 0.880. The van der Waals surface area contributed by atoms with Crippen LogP contribution in [0.5, 0.6) is 11.8 Å². The zero-order chi connectivity index (χ0) is 12.3. The molecule has 1 aromatic heterocycles. The van der Waals surface area contributed by atoms with E-state index in [9.17, 15) is 9.18 Å². The summed E-state index contributed by atoms with van der Waals surface area (Å²) in [6.07, 6.45) is 2.87. The molecule has 0 aliphatic rings. The van der Waals surface area contributed by atoms with Crippen LogP contribution in [-0.2, 0) is 0 Å². The number of ether oxygens (including phenoxy) is 1. The van der Waals surface area contributed by atoms with E-state index < -0.39 is 17.3 Å². The van der Waals surface area contributed by atoms with Gasteiger partial charge in [-0.25, -0.2) is 19.2 Å². The van der Waals surface area contributed by atoms with Crippen molar-refractivity contribution in [3.05, 3.63) is 48.0 Å². The topological polar surface area (TPSA) is 72.3 Å². The van der Waals surface area contributed by atoms with E-state index in [-0.39, 0.29) is 11.8 Å². The lowest BCUT2D eigenvalue weighted by Gasteiger charge is -2.06. The molecule has 17 heavy (non-hydrogen) atoms. The third-order valence-corrected chi connectivity index (χ3v) is 1.93. The number of carbonyl (C=O) groups is 1. The lowest BCUT2D eigenvalue weighted by Crippen LogP contribution is -2.04. The Balaban J connectivity index is 2.40. The summed E-state index contributed by atoms with van der Waals surface area (Å²) in [6, 6.07) is 5.27. The highest BCUT2D eigenvalue weighted by Gasteiger charge is 2.17. The van der Waals surface area contributed by atoms with E-state index in [0.29, 0.717) is 0 Å². The molecule has 0 aliphatic heterocycles. The maximum absolute atomic E-state index is 13.3. The van der Waals surface area contributed by atoms with Crippen molar-refractivity contribution in [3.63, 3.8) is 0 Å². The molecule has 0 saturated heterocycles. The van der Waals surface area contributed by atoms with Crippen LogP contribution in [0.1, 0.15) is 10.4 Å². The number of carboxylic acids is 1. The number of halogens is 1. The van der Waals surface area contributed by atoms with E-state index in [0.717, 1.165) is 6.07 Å². The van der Waals surface area contributed by atoms with Crippen molar-refractivity contribution >= 4 is 5.97 Å². The van der Waals surface area contributed by atoms with Crippen molar-refractivity contribution in [1.29, 1.82) is 0 Å². The minimum absolute atomic E-state index is 0.0411. The molecule has 1 aromatic carbocycles. The number of aromatic nitrogens is 2. The van der Waals surface area contributed by atoms with Crippen molar-refractivity contribution in [1.82, 2.24) is 9.97 Å². The van der Waals surface area contributed by atoms with Crippen LogP contribution >= 0.6 is 0 Å². The van der Waals surface area contributed by atoms with Crippen LogP contribution in [0, 0.1) is 5.82 Å². The lowest BCUT2D eigenvalue weighted by atomic mass is 10.2. The normalized spacial score (nSPS) is 9.94. The number of hydrogen-bond donors (Lipinski definition) is 1. The first-order valence-corrected chi connectivity index (χ1v) is 4.65. The Kier molecular flexibility index (Phi) is 2.95. The highest BCUT2D eigenvalue weighted by Crippen LogP contribution is 2.24. The van der Waals surface area contributed by atoms with Gasteiger partial charge in [0, 0.05) is 12.4 Å². The fourth-order valence-corrected chi connectivity index (χ4v) is 1.23. The Morgan fingerprint density at radius 1 is 1.24 bits per heavy atom. The molecule has 0 spiro atoms. The zero-order valence-corrected chi connectivity index (χ0v) is 8.50. The zero-order valence-electron chi connectivity index (χ0n) is 8.50. The average Bonchev–Trinajstić information content (AvgIpc) is 2.30. The monoisotopic (exact) mass is 234 g/mol. The second kappa shape index (κ2) is 4.56. The van der Waals surface area contributed by atoms with Gasteiger partial charge in [-0.3, -0.25) is 0 Å². The molecule has 0 amide bonds. The summed E-state index contributed by atoms with van der Waals surface area (Å²) < 4.78 is 18.4. The van der Waals surface area contributed by atoms with Gasteiger partial charge in [-0.2, -0.15) is 0 Å². The smallest absolute Gasteiger partial charge is 0.342 e. The molecule has 1 N–H and O–H groups in total. The van der Waals surface area contributed by atoms with Crippen molar-refractivity contribution in [2.24, 2.45) is 0 Å². The summed E-state index contributed by atoms with van der Waals surface area (Å²) in [6.45, 7) is 0. The van der Waals surface area contributed by atoms with Crippen LogP contribution in [0.15, 0.2) is 36.7 Å². The predicted octanol–water partition coefficient (Wildman–Crippen LogP) is 2.11. The van der Waals surface area contributed by atoms with E-state index >= 15 is 0 Å². The molecule has 0 unspecified atom stereocenters. The third kappa shape index (κ3) is 2.36. The number of rotatable bonds is 3. The first-order chi connectivity index (χ1) is 8.18. The highest BCUT2D eigenvalue weighted by atomic mass is 19.1. The molecular formula is C11H7FN2O3.